The molecule has 0 radical (unpaired) electrons. The first kappa shape index (κ1) is 12.5. The topological polar surface area (TPSA) is 45.1 Å². The molecule has 2 rings (SSSR count). The summed E-state index contributed by atoms with van der Waals surface area (Å²) in [5.74, 6) is 0.237. The smallest absolute Gasteiger partial charge is 0.141 e. The number of pyridine rings is 1. The zero-order valence-electron chi connectivity index (χ0n) is 10.1. The van der Waals surface area contributed by atoms with Crippen LogP contribution >= 0.6 is 0 Å². The minimum atomic E-state index is -0.299. The Balaban J connectivity index is 1.83. The highest BCUT2D eigenvalue weighted by Gasteiger charge is 2.22. The molecule has 0 bridgehead atoms. The van der Waals surface area contributed by atoms with Gasteiger partial charge >= 0.3 is 0 Å². The highest BCUT2D eigenvalue weighted by Crippen LogP contribution is 2.25. The van der Waals surface area contributed by atoms with Crippen molar-refractivity contribution in [3.05, 3.63) is 29.8 Å². The lowest BCUT2D eigenvalue weighted by molar-refractivity contribution is 0.177. The van der Waals surface area contributed by atoms with Crippen molar-refractivity contribution >= 4 is 0 Å². The Bertz CT molecular complexity index is 372. The summed E-state index contributed by atoms with van der Waals surface area (Å²) in [5, 5.41) is 12.8. The molecular weight excluding hydrogens is 219 g/mol. The fraction of sp³-hybridized carbons (Fsp3) is 0.615. The van der Waals surface area contributed by atoms with E-state index in [1.54, 1.807) is 6.20 Å². The zero-order chi connectivity index (χ0) is 12.3. The van der Waals surface area contributed by atoms with E-state index in [1.165, 1.54) is 12.3 Å². The summed E-state index contributed by atoms with van der Waals surface area (Å²) in [6.07, 6.45) is 5.62. The van der Waals surface area contributed by atoms with Crippen LogP contribution < -0.4 is 5.32 Å². The van der Waals surface area contributed by atoms with Gasteiger partial charge in [0.25, 0.3) is 0 Å². The van der Waals surface area contributed by atoms with Crippen LogP contribution in [0.25, 0.3) is 0 Å². The van der Waals surface area contributed by atoms with E-state index in [0.717, 1.165) is 31.4 Å². The summed E-state index contributed by atoms with van der Waals surface area (Å²) >= 11 is 0. The van der Waals surface area contributed by atoms with Crippen molar-refractivity contribution in [2.45, 2.75) is 38.3 Å². The summed E-state index contributed by atoms with van der Waals surface area (Å²) in [7, 11) is 0. The first-order valence-electron chi connectivity index (χ1n) is 6.17. The van der Waals surface area contributed by atoms with Crippen molar-refractivity contribution in [2.75, 3.05) is 6.54 Å². The van der Waals surface area contributed by atoms with E-state index in [0.29, 0.717) is 5.92 Å². The van der Waals surface area contributed by atoms with Crippen molar-refractivity contribution in [1.29, 1.82) is 0 Å². The fourth-order valence-corrected chi connectivity index (χ4v) is 2.36. The number of aromatic nitrogens is 1. The normalized spacial score (nSPS) is 26.1. The molecule has 0 spiro atoms. The Labute approximate surface area is 101 Å². The second-order valence-electron chi connectivity index (χ2n) is 4.90. The number of rotatable bonds is 4. The van der Waals surface area contributed by atoms with Crippen LogP contribution in [0.2, 0.25) is 0 Å². The molecule has 3 atom stereocenters. The minimum Gasteiger partial charge on any atom is -0.393 e. The summed E-state index contributed by atoms with van der Waals surface area (Å²) in [4.78, 5) is 3.84. The van der Waals surface area contributed by atoms with E-state index in [9.17, 15) is 9.50 Å². The maximum Gasteiger partial charge on any atom is 0.141 e. The monoisotopic (exact) mass is 238 g/mol. The van der Waals surface area contributed by atoms with E-state index in [1.807, 2.05) is 6.92 Å². The van der Waals surface area contributed by atoms with Crippen molar-refractivity contribution in [1.82, 2.24) is 10.3 Å². The molecule has 1 aliphatic rings. The van der Waals surface area contributed by atoms with Gasteiger partial charge in [0.1, 0.15) is 5.82 Å². The number of aliphatic hydroxyl groups excluding tert-OH is 1. The third kappa shape index (κ3) is 3.48. The number of halogens is 1. The Morgan fingerprint density at radius 3 is 3.00 bits per heavy atom. The summed E-state index contributed by atoms with van der Waals surface area (Å²) in [5.41, 5.74) is 0.864. The van der Waals surface area contributed by atoms with Gasteiger partial charge < -0.3 is 10.4 Å². The van der Waals surface area contributed by atoms with Gasteiger partial charge in [-0.25, -0.2) is 4.39 Å². The molecule has 94 valence electrons. The first-order valence-corrected chi connectivity index (χ1v) is 6.17. The molecule has 1 aromatic rings. The molecular formula is C13H19FN2O. The molecule has 1 heterocycles. The van der Waals surface area contributed by atoms with E-state index in [4.69, 9.17) is 0 Å². The Hall–Kier alpha value is -1.00. The molecule has 1 fully saturated rings. The summed E-state index contributed by atoms with van der Waals surface area (Å²) in [6.45, 7) is 2.87. The standard InChI is InChI=1S/C13H19FN2O/c1-9(11-5-12(14)8-15-7-11)16-6-10-2-3-13(17)4-10/h5,7-10,13,16-17H,2-4,6H2,1H3. The van der Waals surface area contributed by atoms with E-state index >= 15 is 0 Å². The molecule has 1 aliphatic carbocycles. The predicted octanol–water partition coefficient (Wildman–Crippen LogP) is 2.03. The molecule has 3 unspecified atom stereocenters. The molecule has 1 saturated carbocycles. The van der Waals surface area contributed by atoms with Crippen LogP contribution in [0.3, 0.4) is 0 Å². The van der Waals surface area contributed by atoms with Crippen LogP contribution in [0.1, 0.15) is 37.8 Å². The molecule has 0 aromatic carbocycles. The van der Waals surface area contributed by atoms with Gasteiger partial charge in [-0.3, -0.25) is 4.98 Å². The van der Waals surface area contributed by atoms with Gasteiger partial charge in [0, 0.05) is 12.2 Å². The summed E-state index contributed by atoms with van der Waals surface area (Å²) in [6, 6.07) is 1.60. The van der Waals surface area contributed by atoms with Crippen molar-refractivity contribution < 1.29 is 9.50 Å². The maximum absolute atomic E-state index is 13.0. The molecule has 0 saturated heterocycles. The molecule has 3 nitrogen and oxygen atoms in total. The Kier molecular flexibility index (Phi) is 4.07. The van der Waals surface area contributed by atoms with Crippen molar-refractivity contribution in [3.63, 3.8) is 0 Å². The highest BCUT2D eigenvalue weighted by molar-refractivity contribution is 5.14. The van der Waals surface area contributed by atoms with Crippen molar-refractivity contribution in [3.8, 4) is 0 Å². The van der Waals surface area contributed by atoms with Crippen LogP contribution in [0.4, 0.5) is 4.39 Å². The van der Waals surface area contributed by atoms with Gasteiger partial charge in [0.05, 0.1) is 12.3 Å². The molecule has 2 N–H and O–H groups in total. The number of aliphatic hydroxyl groups is 1. The molecule has 0 amide bonds. The number of hydrogen-bond donors (Lipinski definition) is 2. The van der Waals surface area contributed by atoms with Crippen molar-refractivity contribution in [2.24, 2.45) is 5.92 Å². The zero-order valence-corrected chi connectivity index (χ0v) is 10.1. The summed E-state index contributed by atoms with van der Waals surface area (Å²) < 4.78 is 13.0. The second kappa shape index (κ2) is 5.56. The first-order chi connectivity index (χ1) is 8.15. The number of hydrogen-bond acceptors (Lipinski definition) is 3. The van der Waals surface area contributed by atoms with Crippen LogP contribution in [0, 0.1) is 11.7 Å². The number of nitrogens with zero attached hydrogens (tertiary/aromatic N) is 1. The van der Waals surface area contributed by atoms with Crippen LogP contribution in [-0.2, 0) is 0 Å². The third-order valence-electron chi connectivity index (χ3n) is 3.45. The Morgan fingerprint density at radius 2 is 2.35 bits per heavy atom. The van der Waals surface area contributed by atoms with Gasteiger partial charge in [-0.05, 0) is 50.3 Å². The van der Waals surface area contributed by atoms with Gasteiger partial charge in [0.15, 0.2) is 0 Å². The van der Waals surface area contributed by atoms with E-state index in [2.05, 4.69) is 10.3 Å². The molecule has 17 heavy (non-hydrogen) atoms. The SMILES string of the molecule is CC(NCC1CCC(O)C1)c1cncc(F)c1. The van der Waals surface area contributed by atoms with Gasteiger partial charge in [-0.1, -0.05) is 0 Å². The van der Waals surface area contributed by atoms with Gasteiger partial charge in [-0.15, -0.1) is 0 Å². The maximum atomic E-state index is 13.0. The predicted molar refractivity (Wildman–Crippen MR) is 64.0 cm³/mol. The minimum absolute atomic E-state index is 0.0935. The second-order valence-corrected chi connectivity index (χ2v) is 4.90. The average molecular weight is 238 g/mol. The van der Waals surface area contributed by atoms with Gasteiger partial charge in [0.2, 0.25) is 0 Å². The lowest BCUT2D eigenvalue weighted by atomic mass is 10.1. The highest BCUT2D eigenvalue weighted by atomic mass is 19.1. The molecule has 0 aliphatic heterocycles. The quantitative estimate of drug-likeness (QED) is 0.843. The molecule has 1 aromatic heterocycles. The lowest BCUT2D eigenvalue weighted by Crippen LogP contribution is -2.25. The molecule has 4 heteroatoms. The van der Waals surface area contributed by atoms with Crippen LogP contribution in [-0.4, -0.2) is 22.7 Å². The fourth-order valence-electron chi connectivity index (χ4n) is 2.36. The van der Waals surface area contributed by atoms with Gasteiger partial charge in [-0.2, -0.15) is 0 Å². The third-order valence-corrected chi connectivity index (χ3v) is 3.45. The lowest BCUT2D eigenvalue weighted by Gasteiger charge is -2.17. The largest absolute Gasteiger partial charge is 0.393 e. The average Bonchev–Trinajstić information content (AvgIpc) is 2.72. The van der Waals surface area contributed by atoms with E-state index in [-0.39, 0.29) is 18.0 Å². The number of nitrogens with one attached hydrogen (secondary N) is 1. The van der Waals surface area contributed by atoms with E-state index < -0.39 is 0 Å². The Morgan fingerprint density at radius 1 is 1.53 bits per heavy atom. The van der Waals surface area contributed by atoms with Crippen LogP contribution in [0.15, 0.2) is 18.5 Å². The van der Waals surface area contributed by atoms with Crippen LogP contribution in [0.5, 0.6) is 0 Å².